The third kappa shape index (κ3) is 3.17. The quantitative estimate of drug-likeness (QED) is 0.802. The third-order valence-electron chi connectivity index (χ3n) is 2.81. The summed E-state index contributed by atoms with van der Waals surface area (Å²) in [7, 11) is 0. The van der Waals surface area contributed by atoms with Crippen molar-refractivity contribution >= 4 is 5.71 Å². The van der Waals surface area contributed by atoms with E-state index in [2.05, 4.69) is 29.3 Å². The molecule has 0 saturated carbocycles. The van der Waals surface area contributed by atoms with Gasteiger partial charge in [-0.3, -0.25) is 4.99 Å². The van der Waals surface area contributed by atoms with Gasteiger partial charge in [0.1, 0.15) is 0 Å². The Kier molecular flexibility index (Phi) is 3.51. The molecule has 0 spiro atoms. The Bertz CT molecular complexity index is 332. The summed E-state index contributed by atoms with van der Waals surface area (Å²) in [6.45, 7) is 0.797. The number of nitrogens with zero attached hydrogens (tertiary/aromatic N) is 1. The number of benzene rings is 1. The predicted molar refractivity (Wildman–Crippen MR) is 62.3 cm³/mol. The second-order valence-corrected chi connectivity index (χ2v) is 4.08. The second kappa shape index (κ2) is 5.08. The molecule has 0 aliphatic carbocycles. The van der Waals surface area contributed by atoms with Crippen LogP contribution in [0.2, 0.25) is 0 Å². The van der Waals surface area contributed by atoms with Crippen molar-refractivity contribution in [3.05, 3.63) is 35.9 Å². The molecule has 0 radical (unpaired) electrons. The lowest BCUT2D eigenvalue weighted by Crippen LogP contribution is -2.20. The minimum absolute atomic E-state index is 0.159. The normalized spacial score (nSPS) is 21.1. The van der Waals surface area contributed by atoms with Gasteiger partial charge >= 0.3 is 0 Å². The SMILES string of the molecule is OC1CCN=C(CCc2ccccc2)C1. The Balaban J connectivity index is 1.86. The number of hydrogen-bond donors (Lipinski definition) is 1. The van der Waals surface area contributed by atoms with E-state index in [9.17, 15) is 5.11 Å². The number of aryl methyl sites for hydroxylation is 1. The summed E-state index contributed by atoms with van der Waals surface area (Å²) >= 11 is 0. The first-order chi connectivity index (χ1) is 7.34. The molecule has 1 atom stereocenters. The molecule has 1 unspecified atom stereocenters. The van der Waals surface area contributed by atoms with E-state index >= 15 is 0 Å². The maximum atomic E-state index is 9.50. The Morgan fingerprint density at radius 2 is 2.00 bits per heavy atom. The average molecular weight is 203 g/mol. The zero-order valence-corrected chi connectivity index (χ0v) is 8.89. The average Bonchev–Trinajstić information content (AvgIpc) is 2.28. The molecule has 2 nitrogen and oxygen atoms in total. The molecule has 0 bridgehead atoms. The van der Waals surface area contributed by atoms with Crippen LogP contribution in [0.3, 0.4) is 0 Å². The van der Waals surface area contributed by atoms with Crippen LogP contribution in [-0.2, 0) is 6.42 Å². The molecular formula is C13H17NO. The smallest absolute Gasteiger partial charge is 0.0609 e. The molecule has 0 saturated heterocycles. The van der Waals surface area contributed by atoms with Gasteiger partial charge in [0.25, 0.3) is 0 Å². The van der Waals surface area contributed by atoms with E-state index < -0.39 is 0 Å². The van der Waals surface area contributed by atoms with Crippen LogP contribution < -0.4 is 0 Å². The highest BCUT2D eigenvalue weighted by molar-refractivity contribution is 5.85. The van der Waals surface area contributed by atoms with Gasteiger partial charge in [0.05, 0.1) is 6.10 Å². The maximum Gasteiger partial charge on any atom is 0.0609 e. The molecule has 1 aromatic carbocycles. The van der Waals surface area contributed by atoms with E-state index in [1.54, 1.807) is 0 Å². The van der Waals surface area contributed by atoms with E-state index in [0.29, 0.717) is 0 Å². The van der Waals surface area contributed by atoms with Crippen molar-refractivity contribution in [1.29, 1.82) is 0 Å². The number of rotatable bonds is 3. The largest absolute Gasteiger partial charge is 0.393 e. The van der Waals surface area contributed by atoms with Crippen LogP contribution in [0.4, 0.5) is 0 Å². The fourth-order valence-electron chi connectivity index (χ4n) is 1.92. The predicted octanol–water partition coefficient (Wildman–Crippen LogP) is 2.21. The van der Waals surface area contributed by atoms with E-state index in [0.717, 1.165) is 32.2 Å². The van der Waals surface area contributed by atoms with Crippen molar-refractivity contribution < 1.29 is 5.11 Å². The molecule has 2 heteroatoms. The lowest BCUT2D eigenvalue weighted by Gasteiger charge is -2.17. The van der Waals surface area contributed by atoms with Gasteiger partial charge in [-0.1, -0.05) is 30.3 Å². The standard InChI is InChI=1S/C13H17NO/c15-13-8-9-14-12(10-13)7-6-11-4-2-1-3-5-11/h1-5,13,15H,6-10H2. The van der Waals surface area contributed by atoms with Gasteiger partial charge in [0, 0.05) is 18.7 Å². The van der Waals surface area contributed by atoms with Crippen LogP contribution >= 0.6 is 0 Å². The monoisotopic (exact) mass is 203 g/mol. The summed E-state index contributed by atoms with van der Waals surface area (Å²) in [4.78, 5) is 4.45. The molecule has 1 aliphatic rings. The fourth-order valence-corrected chi connectivity index (χ4v) is 1.92. The van der Waals surface area contributed by atoms with Crippen LogP contribution in [0.1, 0.15) is 24.8 Å². The van der Waals surface area contributed by atoms with E-state index in [1.807, 2.05) is 6.07 Å². The van der Waals surface area contributed by atoms with Crippen molar-refractivity contribution in [3.63, 3.8) is 0 Å². The highest BCUT2D eigenvalue weighted by Crippen LogP contribution is 2.12. The molecule has 80 valence electrons. The van der Waals surface area contributed by atoms with Gasteiger partial charge in [-0.25, -0.2) is 0 Å². The van der Waals surface area contributed by atoms with Gasteiger partial charge in [-0.2, -0.15) is 0 Å². The fraction of sp³-hybridized carbons (Fsp3) is 0.462. The van der Waals surface area contributed by atoms with Gasteiger partial charge in [0.15, 0.2) is 0 Å². The topological polar surface area (TPSA) is 32.6 Å². The van der Waals surface area contributed by atoms with Crippen LogP contribution in [0.5, 0.6) is 0 Å². The molecule has 1 N–H and O–H groups in total. The van der Waals surface area contributed by atoms with E-state index in [4.69, 9.17) is 0 Å². The van der Waals surface area contributed by atoms with Crippen molar-refractivity contribution in [3.8, 4) is 0 Å². The summed E-state index contributed by atoms with van der Waals surface area (Å²) in [6.07, 6.45) is 3.46. The summed E-state index contributed by atoms with van der Waals surface area (Å²) < 4.78 is 0. The highest BCUT2D eigenvalue weighted by Gasteiger charge is 2.13. The van der Waals surface area contributed by atoms with Gasteiger partial charge in [-0.05, 0) is 24.8 Å². The van der Waals surface area contributed by atoms with Crippen LogP contribution in [0.15, 0.2) is 35.3 Å². The third-order valence-corrected chi connectivity index (χ3v) is 2.81. The molecular weight excluding hydrogens is 186 g/mol. The number of aliphatic imine (C=N–C) groups is 1. The molecule has 0 fully saturated rings. The summed E-state index contributed by atoms with van der Waals surface area (Å²) in [5.41, 5.74) is 2.53. The zero-order valence-electron chi connectivity index (χ0n) is 8.89. The highest BCUT2D eigenvalue weighted by atomic mass is 16.3. The van der Waals surface area contributed by atoms with E-state index in [1.165, 1.54) is 11.3 Å². The number of aliphatic hydroxyl groups is 1. The van der Waals surface area contributed by atoms with Crippen LogP contribution in [0, 0.1) is 0 Å². The molecule has 1 aromatic rings. The molecule has 2 rings (SSSR count). The Labute approximate surface area is 90.7 Å². The first-order valence-corrected chi connectivity index (χ1v) is 5.59. The van der Waals surface area contributed by atoms with Crippen molar-refractivity contribution in [2.45, 2.75) is 31.8 Å². The molecule has 1 aliphatic heterocycles. The Hall–Kier alpha value is -1.15. The van der Waals surface area contributed by atoms with Crippen LogP contribution in [0.25, 0.3) is 0 Å². The summed E-state index contributed by atoms with van der Waals surface area (Å²) in [6, 6.07) is 10.4. The van der Waals surface area contributed by atoms with Crippen molar-refractivity contribution in [2.75, 3.05) is 6.54 Å². The van der Waals surface area contributed by atoms with Crippen molar-refractivity contribution in [1.82, 2.24) is 0 Å². The number of hydrogen-bond acceptors (Lipinski definition) is 2. The zero-order chi connectivity index (χ0) is 10.5. The molecule has 15 heavy (non-hydrogen) atoms. The first-order valence-electron chi connectivity index (χ1n) is 5.59. The van der Waals surface area contributed by atoms with Gasteiger partial charge in [-0.15, -0.1) is 0 Å². The molecule has 0 aromatic heterocycles. The van der Waals surface area contributed by atoms with Crippen molar-refractivity contribution in [2.24, 2.45) is 4.99 Å². The minimum Gasteiger partial charge on any atom is -0.393 e. The number of aliphatic hydroxyl groups excluding tert-OH is 1. The Morgan fingerprint density at radius 3 is 2.73 bits per heavy atom. The maximum absolute atomic E-state index is 9.50. The lowest BCUT2D eigenvalue weighted by atomic mass is 10.00. The van der Waals surface area contributed by atoms with Crippen LogP contribution in [-0.4, -0.2) is 23.5 Å². The minimum atomic E-state index is -0.159. The van der Waals surface area contributed by atoms with Gasteiger partial charge < -0.3 is 5.11 Å². The lowest BCUT2D eigenvalue weighted by molar-refractivity contribution is 0.170. The van der Waals surface area contributed by atoms with Gasteiger partial charge in [0.2, 0.25) is 0 Å². The summed E-state index contributed by atoms with van der Waals surface area (Å²) in [5.74, 6) is 0. The molecule has 1 heterocycles. The Morgan fingerprint density at radius 1 is 1.20 bits per heavy atom. The first kappa shape index (κ1) is 10.4. The summed E-state index contributed by atoms with van der Waals surface area (Å²) in [5, 5.41) is 9.50. The molecule has 0 amide bonds. The second-order valence-electron chi connectivity index (χ2n) is 4.08. The van der Waals surface area contributed by atoms with E-state index in [-0.39, 0.29) is 6.10 Å².